The van der Waals surface area contributed by atoms with Crippen LogP contribution in [0.4, 0.5) is 0 Å². The highest BCUT2D eigenvalue weighted by atomic mass is 35.5. The van der Waals surface area contributed by atoms with E-state index in [9.17, 15) is 4.79 Å². The molecule has 1 aromatic carbocycles. The summed E-state index contributed by atoms with van der Waals surface area (Å²) in [5.74, 6) is 0.267. The molecule has 0 bridgehead atoms. The number of hydrogen-bond donors (Lipinski definition) is 1. The largest absolute Gasteiger partial charge is 0.467 e. The van der Waals surface area contributed by atoms with E-state index in [1.54, 1.807) is 6.07 Å². The fourth-order valence-corrected chi connectivity index (χ4v) is 2.19. The van der Waals surface area contributed by atoms with E-state index < -0.39 is 5.97 Å². The fraction of sp³-hybridized carbons (Fsp3) is 0.267. The number of carbonyl (C=O) groups is 1. The Hall–Kier alpha value is -1.78. The van der Waals surface area contributed by atoms with Crippen LogP contribution >= 0.6 is 11.6 Å². The van der Waals surface area contributed by atoms with Crippen molar-refractivity contribution < 1.29 is 13.9 Å². The molecule has 0 aliphatic rings. The molecule has 106 valence electrons. The molecule has 5 heteroatoms. The summed E-state index contributed by atoms with van der Waals surface area (Å²) in [4.78, 5) is 11.3. The first-order valence-electron chi connectivity index (χ1n) is 6.25. The van der Waals surface area contributed by atoms with Gasteiger partial charge in [-0.25, -0.2) is 4.79 Å². The molecule has 1 N–H and O–H groups in total. The summed E-state index contributed by atoms with van der Waals surface area (Å²) < 4.78 is 9.93. The van der Waals surface area contributed by atoms with Crippen LogP contribution in [-0.2, 0) is 11.3 Å². The highest BCUT2D eigenvalue weighted by Crippen LogP contribution is 2.22. The van der Waals surface area contributed by atoms with E-state index in [1.807, 2.05) is 31.2 Å². The molecule has 0 aliphatic carbocycles. The summed E-state index contributed by atoms with van der Waals surface area (Å²) in [5.41, 5.74) is 1.43. The van der Waals surface area contributed by atoms with E-state index in [0.29, 0.717) is 17.9 Å². The van der Waals surface area contributed by atoms with Gasteiger partial charge in [0.15, 0.2) is 0 Å². The smallest absolute Gasteiger partial charge is 0.341 e. The molecule has 0 spiro atoms. The van der Waals surface area contributed by atoms with Gasteiger partial charge in [0.05, 0.1) is 19.2 Å². The Morgan fingerprint density at radius 3 is 2.90 bits per heavy atom. The topological polar surface area (TPSA) is 51.5 Å². The summed E-state index contributed by atoms with van der Waals surface area (Å²) in [6.07, 6.45) is 1.39. The molecule has 0 amide bonds. The van der Waals surface area contributed by atoms with Gasteiger partial charge in [-0.2, -0.15) is 0 Å². The number of methoxy groups -OCH3 is 1. The zero-order chi connectivity index (χ0) is 14.5. The minimum Gasteiger partial charge on any atom is -0.467 e. The maximum absolute atomic E-state index is 11.3. The number of benzene rings is 1. The monoisotopic (exact) mass is 293 g/mol. The molecule has 0 aliphatic heterocycles. The Bertz CT molecular complexity index is 594. The zero-order valence-electron chi connectivity index (χ0n) is 11.4. The standard InChI is InChI=1S/C15H16ClNO3/c1-10(13-5-3-4-6-14(13)16)17-8-12-7-11(9-20-12)15(18)19-2/h3-7,9-10,17H,8H2,1-2H3/t10-/m1/s1. The second-order valence-electron chi connectivity index (χ2n) is 4.42. The van der Waals surface area contributed by atoms with E-state index in [0.717, 1.165) is 10.6 Å². The van der Waals surface area contributed by atoms with Crippen LogP contribution < -0.4 is 5.32 Å². The SMILES string of the molecule is COC(=O)c1coc(CN[C@H](C)c2ccccc2Cl)c1. The summed E-state index contributed by atoms with van der Waals surface area (Å²) in [7, 11) is 1.34. The first-order valence-corrected chi connectivity index (χ1v) is 6.63. The third-order valence-corrected chi connectivity index (χ3v) is 3.37. The van der Waals surface area contributed by atoms with Gasteiger partial charge in [-0.3, -0.25) is 0 Å². The van der Waals surface area contributed by atoms with Crippen molar-refractivity contribution in [3.05, 3.63) is 58.5 Å². The molecule has 1 heterocycles. The number of ether oxygens (including phenoxy) is 1. The van der Waals surface area contributed by atoms with E-state index >= 15 is 0 Å². The van der Waals surface area contributed by atoms with Crippen LogP contribution in [0.15, 0.2) is 41.0 Å². The van der Waals surface area contributed by atoms with Gasteiger partial charge < -0.3 is 14.5 Å². The van der Waals surface area contributed by atoms with Gasteiger partial charge in [-0.05, 0) is 24.6 Å². The summed E-state index contributed by atoms with van der Waals surface area (Å²) >= 11 is 6.14. The Balaban J connectivity index is 1.97. The fourth-order valence-electron chi connectivity index (χ4n) is 1.89. The van der Waals surface area contributed by atoms with Crippen LogP contribution in [0, 0.1) is 0 Å². The number of furan rings is 1. The lowest BCUT2D eigenvalue weighted by molar-refractivity contribution is 0.0600. The van der Waals surface area contributed by atoms with Gasteiger partial charge in [0.25, 0.3) is 0 Å². The highest BCUT2D eigenvalue weighted by Gasteiger charge is 2.12. The number of rotatable bonds is 5. The van der Waals surface area contributed by atoms with E-state index in [2.05, 4.69) is 10.1 Å². The molecule has 0 saturated heterocycles. The van der Waals surface area contributed by atoms with Gasteiger partial charge >= 0.3 is 5.97 Å². The molecule has 0 radical (unpaired) electrons. The Morgan fingerprint density at radius 2 is 2.20 bits per heavy atom. The van der Waals surface area contributed by atoms with Crippen molar-refractivity contribution in [3.8, 4) is 0 Å². The van der Waals surface area contributed by atoms with Crippen molar-refractivity contribution in [2.45, 2.75) is 19.5 Å². The molecular weight excluding hydrogens is 278 g/mol. The number of hydrogen-bond acceptors (Lipinski definition) is 4. The second-order valence-corrected chi connectivity index (χ2v) is 4.82. The highest BCUT2D eigenvalue weighted by molar-refractivity contribution is 6.31. The third kappa shape index (κ3) is 3.40. The molecule has 0 fully saturated rings. The minimum absolute atomic E-state index is 0.0791. The van der Waals surface area contributed by atoms with Crippen molar-refractivity contribution in [2.75, 3.05) is 7.11 Å². The lowest BCUT2D eigenvalue weighted by Crippen LogP contribution is -2.18. The zero-order valence-corrected chi connectivity index (χ0v) is 12.1. The average molecular weight is 294 g/mol. The van der Waals surface area contributed by atoms with Crippen LogP contribution in [0.3, 0.4) is 0 Å². The molecule has 20 heavy (non-hydrogen) atoms. The van der Waals surface area contributed by atoms with Gasteiger partial charge in [0, 0.05) is 11.1 Å². The van der Waals surface area contributed by atoms with E-state index in [-0.39, 0.29) is 6.04 Å². The molecule has 2 rings (SSSR count). The molecule has 1 aromatic heterocycles. The predicted octanol–water partition coefficient (Wildman–Crippen LogP) is 3.57. The number of esters is 1. The van der Waals surface area contributed by atoms with Crippen LogP contribution in [0.2, 0.25) is 5.02 Å². The lowest BCUT2D eigenvalue weighted by Gasteiger charge is -2.14. The third-order valence-electron chi connectivity index (χ3n) is 3.03. The van der Waals surface area contributed by atoms with Crippen LogP contribution in [0.5, 0.6) is 0 Å². The lowest BCUT2D eigenvalue weighted by atomic mass is 10.1. The molecule has 1 atom stereocenters. The van der Waals surface area contributed by atoms with Gasteiger partial charge in [-0.15, -0.1) is 0 Å². The minimum atomic E-state index is -0.404. The number of halogens is 1. The Morgan fingerprint density at radius 1 is 1.45 bits per heavy atom. The van der Waals surface area contributed by atoms with Crippen molar-refractivity contribution in [1.82, 2.24) is 5.32 Å². The van der Waals surface area contributed by atoms with Crippen molar-refractivity contribution in [2.24, 2.45) is 0 Å². The Labute approximate surface area is 122 Å². The van der Waals surface area contributed by atoms with Gasteiger partial charge in [0.2, 0.25) is 0 Å². The number of nitrogens with one attached hydrogen (secondary N) is 1. The predicted molar refractivity (Wildman–Crippen MR) is 76.8 cm³/mol. The molecule has 0 saturated carbocycles. The molecular formula is C15H16ClNO3. The maximum Gasteiger partial charge on any atom is 0.341 e. The van der Waals surface area contributed by atoms with Crippen LogP contribution in [0.25, 0.3) is 0 Å². The summed E-state index contributed by atoms with van der Waals surface area (Å²) in [6, 6.07) is 9.42. The van der Waals surface area contributed by atoms with Crippen molar-refractivity contribution in [1.29, 1.82) is 0 Å². The number of carbonyl (C=O) groups excluding carboxylic acids is 1. The van der Waals surface area contributed by atoms with Gasteiger partial charge in [0.1, 0.15) is 12.0 Å². The average Bonchev–Trinajstić information content (AvgIpc) is 2.93. The van der Waals surface area contributed by atoms with Crippen LogP contribution in [0.1, 0.15) is 34.6 Å². The van der Waals surface area contributed by atoms with E-state index in [1.165, 1.54) is 13.4 Å². The van der Waals surface area contributed by atoms with Crippen molar-refractivity contribution >= 4 is 17.6 Å². The first-order chi connectivity index (χ1) is 9.61. The second kappa shape index (κ2) is 6.59. The first kappa shape index (κ1) is 14.6. The molecule has 2 aromatic rings. The summed E-state index contributed by atoms with van der Waals surface area (Å²) in [6.45, 7) is 2.52. The molecule has 4 nitrogen and oxygen atoms in total. The normalized spacial score (nSPS) is 12.2. The van der Waals surface area contributed by atoms with E-state index in [4.69, 9.17) is 16.0 Å². The van der Waals surface area contributed by atoms with Crippen molar-refractivity contribution in [3.63, 3.8) is 0 Å². The quantitative estimate of drug-likeness (QED) is 0.856. The van der Waals surface area contributed by atoms with Gasteiger partial charge in [-0.1, -0.05) is 29.8 Å². The molecule has 0 unspecified atom stereocenters. The maximum atomic E-state index is 11.3. The Kier molecular flexibility index (Phi) is 4.82. The summed E-state index contributed by atoms with van der Waals surface area (Å²) in [5, 5.41) is 4.02. The van der Waals surface area contributed by atoms with Crippen LogP contribution in [-0.4, -0.2) is 13.1 Å².